The van der Waals surface area contributed by atoms with E-state index in [2.05, 4.69) is 0 Å². The first-order chi connectivity index (χ1) is 12.7. The van der Waals surface area contributed by atoms with E-state index in [0.29, 0.717) is 6.54 Å². The molecular weight excluding hydrogens is 348 g/mol. The van der Waals surface area contributed by atoms with Gasteiger partial charge in [0.05, 0.1) is 23.8 Å². The zero-order chi connectivity index (χ0) is 18.1. The van der Waals surface area contributed by atoms with Crippen molar-refractivity contribution in [3.8, 4) is 0 Å². The molecule has 26 heavy (non-hydrogen) atoms. The molecule has 0 N–H and O–H groups in total. The Bertz CT molecular complexity index is 824. The number of carbonyl (C=O) groups is 2. The number of anilines is 2. The molecular formula is C21H21ClN2O2. The molecule has 0 aromatic heterocycles. The van der Waals surface area contributed by atoms with E-state index in [4.69, 9.17) is 11.6 Å². The van der Waals surface area contributed by atoms with Crippen LogP contribution in [-0.2, 0) is 16.1 Å². The van der Waals surface area contributed by atoms with Crippen molar-refractivity contribution in [1.82, 2.24) is 0 Å². The van der Waals surface area contributed by atoms with Crippen LogP contribution in [0, 0.1) is 5.92 Å². The lowest BCUT2D eigenvalue weighted by molar-refractivity contribution is -0.122. The van der Waals surface area contributed by atoms with Crippen LogP contribution in [-0.4, -0.2) is 23.7 Å². The minimum Gasteiger partial charge on any atom is -0.306 e. The highest BCUT2D eigenvalue weighted by Crippen LogP contribution is 2.43. The van der Waals surface area contributed by atoms with Gasteiger partial charge in [-0.25, -0.2) is 0 Å². The van der Waals surface area contributed by atoms with Crippen LogP contribution in [0.25, 0.3) is 0 Å². The van der Waals surface area contributed by atoms with Crippen molar-refractivity contribution >= 4 is 34.8 Å². The van der Waals surface area contributed by atoms with Gasteiger partial charge in [-0.3, -0.25) is 9.59 Å². The molecule has 2 aromatic carbocycles. The Balaban J connectivity index is 1.83. The quantitative estimate of drug-likeness (QED) is 0.769. The van der Waals surface area contributed by atoms with Crippen LogP contribution < -0.4 is 9.80 Å². The lowest BCUT2D eigenvalue weighted by Crippen LogP contribution is -2.45. The molecule has 0 saturated heterocycles. The second kappa shape index (κ2) is 7.12. The summed E-state index contributed by atoms with van der Waals surface area (Å²) in [6.07, 6.45) is 2.61. The van der Waals surface area contributed by atoms with Crippen LogP contribution in [0.2, 0.25) is 0 Å². The fourth-order valence-corrected chi connectivity index (χ4v) is 4.37. The molecule has 0 radical (unpaired) electrons. The van der Waals surface area contributed by atoms with Crippen LogP contribution in [0.4, 0.5) is 11.4 Å². The first kappa shape index (κ1) is 17.1. The lowest BCUT2D eigenvalue weighted by Gasteiger charge is -2.30. The van der Waals surface area contributed by atoms with Crippen LogP contribution in [0.1, 0.15) is 24.8 Å². The van der Waals surface area contributed by atoms with Gasteiger partial charge in [0, 0.05) is 6.04 Å². The summed E-state index contributed by atoms with van der Waals surface area (Å²) in [5.74, 6) is -0.276. The molecule has 2 aliphatic rings. The number of carbonyl (C=O) groups excluding carboxylic acids is 2. The normalized spacial score (nSPS) is 22.0. The Morgan fingerprint density at radius 1 is 1.00 bits per heavy atom. The topological polar surface area (TPSA) is 40.6 Å². The number of amides is 2. The summed E-state index contributed by atoms with van der Waals surface area (Å²) in [4.78, 5) is 29.7. The van der Waals surface area contributed by atoms with Crippen LogP contribution in [0.5, 0.6) is 0 Å². The Kier molecular flexibility index (Phi) is 4.68. The third-order valence-corrected chi connectivity index (χ3v) is 5.62. The summed E-state index contributed by atoms with van der Waals surface area (Å²) in [7, 11) is 0. The maximum atomic E-state index is 13.4. The smallest absolute Gasteiger partial charge is 0.242 e. The number of alkyl halides is 1. The Morgan fingerprint density at radius 3 is 2.42 bits per heavy atom. The van der Waals surface area contributed by atoms with Gasteiger partial charge >= 0.3 is 0 Å². The number of nitrogens with zero attached hydrogens (tertiary/aromatic N) is 2. The summed E-state index contributed by atoms with van der Waals surface area (Å²) in [5, 5.41) is 0. The molecule has 2 atom stereocenters. The number of benzene rings is 2. The zero-order valence-corrected chi connectivity index (χ0v) is 15.2. The number of hydrogen-bond acceptors (Lipinski definition) is 2. The summed E-state index contributed by atoms with van der Waals surface area (Å²) in [5.41, 5.74) is 2.65. The molecule has 0 spiro atoms. The maximum Gasteiger partial charge on any atom is 0.242 e. The van der Waals surface area contributed by atoms with Crippen LogP contribution in [0.3, 0.4) is 0 Å². The lowest BCUT2D eigenvalue weighted by atomic mass is 10.0. The number of hydrogen-bond donors (Lipinski definition) is 0. The molecule has 4 rings (SSSR count). The highest BCUT2D eigenvalue weighted by molar-refractivity contribution is 6.30. The van der Waals surface area contributed by atoms with Gasteiger partial charge in [0.15, 0.2) is 0 Å². The van der Waals surface area contributed by atoms with Crippen LogP contribution >= 0.6 is 11.6 Å². The van der Waals surface area contributed by atoms with Crippen molar-refractivity contribution in [2.75, 3.05) is 15.7 Å². The summed E-state index contributed by atoms with van der Waals surface area (Å²) in [6.45, 7) is 0.503. The highest BCUT2D eigenvalue weighted by atomic mass is 35.5. The third-order valence-electron chi connectivity index (χ3n) is 5.39. The maximum absolute atomic E-state index is 13.4. The van der Waals surface area contributed by atoms with Crippen molar-refractivity contribution in [2.24, 2.45) is 5.92 Å². The SMILES string of the molecule is O=C1C2CCCC2N(C(=O)CCl)c2ccccc2N1Cc1ccccc1. The van der Waals surface area contributed by atoms with E-state index < -0.39 is 0 Å². The monoisotopic (exact) mass is 368 g/mol. The Morgan fingerprint density at radius 2 is 1.69 bits per heavy atom. The van der Waals surface area contributed by atoms with Gasteiger partial charge in [0.1, 0.15) is 5.88 Å². The van der Waals surface area contributed by atoms with Crippen molar-refractivity contribution in [3.63, 3.8) is 0 Å². The molecule has 2 amide bonds. The molecule has 4 nitrogen and oxygen atoms in total. The minimum atomic E-state index is -0.168. The van der Waals surface area contributed by atoms with Gasteiger partial charge in [0.25, 0.3) is 0 Å². The van der Waals surface area contributed by atoms with Gasteiger partial charge in [-0.2, -0.15) is 0 Å². The molecule has 1 saturated carbocycles. The number of halogens is 1. The summed E-state index contributed by atoms with van der Waals surface area (Å²) >= 11 is 5.91. The zero-order valence-electron chi connectivity index (χ0n) is 14.5. The molecule has 0 bridgehead atoms. The molecule has 2 unspecified atom stereocenters. The molecule has 1 fully saturated rings. The highest BCUT2D eigenvalue weighted by Gasteiger charge is 2.45. The average Bonchev–Trinajstić information content (AvgIpc) is 3.13. The molecule has 1 aliphatic heterocycles. The fourth-order valence-electron chi connectivity index (χ4n) is 4.24. The van der Waals surface area contributed by atoms with E-state index in [9.17, 15) is 9.59 Å². The van der Waals surface area contributed by atoms with Crippen molar-refractivity contribution in [2.45, 2.75) is 31.8 Å². The fraction of sp³-hybridized carbons (Fsp3) is 0.333. The second-order valence-electron chi connectivity index (χ2n) is 6.90. The van der Waals surface area contributed by atoms with Crippen LogP contribution in [0.15, 0.2) is 54.6 Å². The predicted molar refractivity (Wildman–Crippen MR) is 103 cm³/mol. The van der Waals surface area contributed by atoms with Gasteiger partial charge in [-0.15, -0.1) is 11.6 Å². The molecule has 2 aromatic rings. The van der Waals surface area contributed by atoms with Gasteiger partial charge in [0.2, 0.25) is 11.8 Å². The van der Waals surface area contributed by atoms with Crippen molar-refractivity contribution < 1.29 is 9.59 Å². The largest absolute Gasteiger partial charge is 0.306 e. The van der Waals surface area contributed by atoms with E-state index in [1.165, 1.54) is 0 Å². The van der Waals surface area contributed by atoms with E-state index >= 15 is 0 Å². The number of fused-ring (bicyclic) bond motifs is 2. The van der Waals surface area contributed by atoms with E-state index in [1.54, 1.807) is 4.90 Å². The van der Waals surface area contributed by atoms with E-state index in [1.807, 2.05) is 59.5 Å². The van der Waals surface area contributed by atoms with Crippen molar-refractivity contribution in [3.05, 3.63) is 60.2 Å². The molecule has 1 heterocycles. The average molecular weight is 369 g/mol. The minimum absolute atomic E-state index is 0.0789. The predicted octanol–water partition coefficient (Wildman–Crippen LogP) is 3.97. The van der Waals surface area contributed by atoms with Gasteiger partial charge < -0.3 is 9.80 Å². The molecule has 134 valence electrons. The first-order valence-electron chi connectivity index (χ1n) is 9.03. The van der Waals surface area contributed by atoms with E-state index in [0.717, 1.165) is 36.2 Å². The number of para-hydroxylation sites is 2. The second-order valence-corrected chi connectivity index (χ2v) is 7.17. The van der Waals surface area contributed by atoms with E-state index in [-0.39, 0.29) is 29.7 Å². The Hall–Kier alpha value is -2.33. The standard InChI is InChI=1S/C21H21ClN2O2/c22-13-20(25)24-17-12-6-9-16(17)21(26)23(14-15-7-2-1-3-8-15)18-10-4-5-11-19(18)24/h1-5,7-8,10-11,16-17H,6,9,12-14H2. The molecule has 1 aliphatic carbocycles. The van der Waals surface area contributed by atoms with Gasteiger partial charge in [-0.05, 0) is 30.5 Å². The number of rotatable bonds is 3. The molecule has 5 heteroatoms. The van der Waals surface area contributed by atoms with Crippen molar-refractivity contribution in [1.29, 1.82) is 0 Å². The summed E-state index contributed by atoms with van der Waals surface area (Å²) < 4.78 is 0. The Labute approximate surface area is 158 Å². The summed E-state index contributed by atoms with van der Waals surface area (Å²) in [6, 6.07) is 17.5. The first-order valence-corrected chi connectivity index (χ1v) is 9.56. The van der Waals surface area contributed by atoms with Gasteiger partial charge in [-0.1, -0.05) is 48.9 Å². The third kappa shape index (κ3) is 2.88.